The van der Waals surface area contributed by atoms with Gasteiger partial charge in [-0.05, 0) is 43.0 Å². The molecule has 118 valence electrons. The highest BCUT2D eigenvalue weighted by molar-refractivity contribution is 7.89. The Hall–Kier alpha value is -0.950. The molecule has 1 atom stereocenters. The Morgan fingerprint density at radius 3 is 2.67 bits per heavy atom. The summed E-state index contributed by atoms with van der Waals surface area (Å²) >= 11 is 0. The van der Waals surface area contributed by atoms with Crippen LogP contribution in [0.4, 0.5) is 0 Å². The molecule has 5 nitrogen and oxygen atoms in total. The molecule has 1 saturated heterocycles. The fraction of sp³-hybridized carbons (Fsp3) is 0.600. The Kier molecular flexibility index (Phi) is 6.17. The molecule has 1 aliphatic rings. The smallest absolute Gasteiger partial charge is 0.240 e. The minimum atomic E-state index is -3.40. The summed E-state index contributed by atoms with van der Waals surface area (Å²) in [6.45, 7) is 5.71. The second-order valence-corrected chi connectivity index (χ2v) is 7.11. The molecule has 1 fully saturated rings. The van der Waals surface area contributed by atoms with Crippen LogP contribution in [0.2, 0.25) is 0 Å². The number of hydrogen-bond acceptors (Lipinski definition) is 4. The van der Waals surface area contributed by atoms with E-state index in [1.165, 1.54) is 0 Å². The molecule has 1 aromatic carbocycles. The predicted molar refractivity (Wildman–Crippen MR) is 82.6 cm³/mol. The molecule has 0 spiro atoms. The molecule has 0 bridgehead atoms. The molecular weight excluding hydrogens is 288 g/mol. The number of sulfonamides is 1. The summed E-state index contributed by atoms with van der Waals surface area (Å²) in [6, 6.07) is 7.02. The van der Waals surface area contributed by atoms with E-state index in [2.05, 4.69) is 10.0 Å². The molecule has 0 aliphatic carbocycles. The van der Waals surface area contributed by atoms with Gasteiger partial charge in [0.1, 0.15) is 0 Å². The van der Waals surface area contributed by atoms with E-state index in [9.17, 15) is 8.42 Å². The molecule has 2 rings (SSSR count). The van der Waals surface area contributed by atoms with Crippen LogP contribution < -0.4 is 10.0 Å². The van der Waals surface area contributed by atoms with Gasteiger partial charge in [0.05, 0.1) is 4.90 Å². The average Bonchev–Trinajstić information content (AvgIpc) is 2.98. The van der Waals surface area contributed by atoms with Crippen molar-refractivity contribution in [3.63, 3.8) is 0 Å². The van der Waals surface area contributed by atoms with Crippen molar-refractivity contribution in [2.24, 2.45) is 5.92 Å². The number of hydrogen-bond donors (Lipinski definition) is 2. The van der Waals surface area contributed by atoms with Crippen molar-refractivity contribution in [1.82, 2.24) is 10.0 Å². The third-order valence-corrected chi connectivity index (χ3v) is 5.16. The minimum Gasteiger partial charge on any atom is -0.381 e. The summed E-state index contributed by atoms with van der Waals surface area (Å²) in [5.74, 6) is 0.482. The molecule has 0 saturated carbocycles. The van der Waals surface area contributed by atoms with Gasteiger partial charge in [0.2, 0.25) is 10.0 Å². The zero-order chi connectivity index (χ0) is 15.1. The summed E-state index contributed by atoms with van der Waals surface area (Å²) in [7, 11) is -3.40. The molecule has 0 amide bonds. The van der Waals surface area contributed by atoms with Gasteiger partial charge in [-0.25, -0.2) is 13.1 Å². The Bertz CT molecular complexity index is 522. The third-order valence-electron chi connectivity index (χ3n) is 3.68. The second-order valence-electron chi connectivity index (χ2n) is 5.34. The fourth-order valence-corrected chi connectivity index (χ4v) is 3.40. The predicted octanol–water partition coefficient (Wildman–Crippen LogP) is 1.50. The number of nitrogens with one attached hydrogen (secondary N) is 2. The fourth-order valence-electron chi connectivity index (χ4n) is 2.35. The lowest BCUT2D eigenvalue weighted by Crippen LogP contribution is -2.26. The van der Waals surface area contributed by atoms with Crippen LogP contribution in [0.5, 0.6) is 0 Å². The molecule has 21 heavy (non-hydrogen) atoms. The molecule has 0 radical (unpaired) electrons. The number of benzene rings is 1. The van der Waals surface area contributed by atoms with E-state index in [4.69, 9.17) is 4.74 Å². The molecule has 1 heterocycles. The van der Waals surface area contributed by atoms with Gasteiger partial charge in [-0.3, -0.25) is 0 Å². The van der Waals surface area contributed by atoms with E-state index < -0.39 is 10.0 Å². The zero-order valence-electron chi connectivity index (χ0n) is 12.5. The minimum absolute atomic E-state index is 0.324. The summed E-state index contributed by atoms with van der Waals surface area (Å²) in [5, 5.41) is 3.21. The number of rotatable bonds is 8. The summed E-state index contributed by atoms with van der Waals surface area (Å²) in [4.78, 5) is 0.324. The molecule has 1 unspecified atom stereocenters. The van der Waals surface area contributed by atoms with Crippen LogP contribution in [0.3, 0.4) is 0 Å². The van der Waals surface area contributed by atoms with Crippen molar-refractivity contribution < 1.29 is 13.2 Å². The van der Waals surface area contributed by atoms with Crippen LogP contribution >= 0.6 is 0 Å². The van der Waals surface area contributed by atoms with Gasteiger partial charge in [-0.2, -0.15) is 0 Å². The maximum absolute atomic E-state index is 12.2. The lowest BCUT2D eigenvalue weighted by Gasteiger charge is -2.10. The molecular formula is C15H24N2O3S. The van der Waals surface area contributed by atoms with Crippen LogP contribution in [0.1, 0.15) is 25.3 Å². The summed E-state index contributed by atoms with van der Waals surface area (Å²) < 4.78 is 32.3. The Balaban J connectivity index is 1.85. The molecule has 1 aliphatic heterocycles. The standard InChI is InChI=1S/C15H24N2O3S/c1-2-16-11-13-3-5-15(6-4-13)21(18,19)17-9-7-14-8-10-20-12-14/h3-6,14,16-17H,2,7-12H2,1H3. The maximum atomic E-state index is 12.2. The average molecular weight is 312 g/mol. The monoisotopic (exact) mass is 312 g/mol. The summed E-state index contributed by atoms with van der Waals surface area (Å²) in [5.41, 5.74) is 1.08. The quantitative estimate of drug-likeness (QED) is 0.763. The van der Waals surface area contributed by atoms with Crippen LogP contribution in [-0.2, 0) is 21.3 Å². The lowest BCUT2D eigenvalue weighted by atomic mass is 10.1. The van der Waals surface area contributed by atoms with Gasteiger partial charge in [-0.15, -0.1) is 0 Å². The van der Waals surface area contributed by atoms with E-state index in [0.717, 1.165) is 44.7 Å². The molecule has 6 heteroatoms. The van der Waals surface area contributed by atoms with Crippen LogP contribution in [0.25, 0.3) is 0 Å². The van der Waals surface area contributed by atoms with Crippen molar-refractivity contribution >= 4 is 10.0 Å². The van der Waals surface area contributed by atoms with E-state index in [1.807, 2.05) is 19.1 Å². The maximum Gasteiger partial charge on any atom is 0.240 e. The van der Waals surface area contributed by atoms with Gasteiger partial charge >= 0.3 is 0 Å². The highest BCUT2D eigenvalue weighted by Crippen LogP contribution is 2.16. The van der Waals surface area contributed by atoms with Crippen LogP contribution in [0.15, 0.2) is 29.2 Å². The van der Waals surface area contributed by atoms with Crippen LogP contribution in [0, 0.1) is 5.92 Å². The van der Waals surface area contributed by atoms with E-state index in [-0.39, 0.29) is 0 Å². The Labute approximate surface area is 127 Å². The molecule has 1 aromatic rings. The van der Waals surface area contributed by atoms with Crippen molar-refractivity contribution in [2.45, 2.75) is 31.2 Å². The SMILES string of the molecule is CCNCc1ccc(S(=O)(=O)NCCC2CCOC2)cc1. The topological polar surface area (TPSA) is 67.4 Å². The second kappa shape index (κ2) is 7.89. The first-order valence-electron chi connectivity index (χ1n) is 7.49. The highest BCUT2D eigenvalue weighted by atomic mass is 32.2. The largest absolute Gasteiger partial charge is 0.381 e. The van der Waals surface area contributed by atoms with Crippen molar-refractivity contribution in [1.29, 1.82) is 0 Å². The first kappa shape index (κ1) is 16.4. The normalized spacial score (nSPS) is 19.0. The first-order chi connectivity index (χ1) is 10.1. The third kappa shape index (κ3) is 5.07. The zero-order valence-corrected chi connectivity index (χ0v) is 13.3. The lowest BCUT2D eigenvalue weighted by molar-refractivity contribution is 0.184. The Morgan fingerprint density at radius 1 is 1.29 bits per heavy atom. The van der Waals surface area contributed by atoms with Gasteiger partial charge < -0.3 is 10.1 Å². The van der Waals surface area contributed by atoms with E-state index in [1.54, 1.807) is 12.1 Å². The number of ether oxygens (including phenoxy) is 1. The summed E-state index contributed by atoms with van der Waals surface area (Å²) in [6.07, 6.45) is 1.86. The van der Waals surface area contributed by atoms with Gasteiger partial charge in [-0.1, -0.05) is 19.1 Å². The van der Waals surface area contributed by atoms with E-state index >= 15 is 0 Å². The van der Waals surface area contributed by atoms with Gasteiger partial charge in [0.25, 0.3) is 0 Å². The highest BCUT2D eigenvalue weighted by Gasteiger charge is 2.18. The van der Waals surface area contributed by atoms with Gasteiger partial charge in [0.15, 0.2) is 0 Å². The van der Waals surface area contributed by atoms with E-state index in [0.29, 0.717) is 17.4 Å². The molecule has 2 N–H and O–H groups in total. The van der Waals surface area contributed by atoms with Crippen molar-refractivity contribution in [3.05, 3.63) is 29.8 Å². The van der Waals surface area contributed by atoms with Crippen molar-refractivity contribution in [3.8, 4) is 0 Å². The van der Waals surface area contributed by atoms with Gasteiger partial charge in [0, 0.05) is 26.3 Å². The molecule has 0 aromatic heterocycles. The van der Waals surface area contributed by atoms with Crippen LogP contribution in [-0.4, -0.2) is 34.7 Å². The Morgan fingerprint density at radius 2 is 2.05 bits per heavy atom. The first-order valence-corrected chi connectivity index (χ1v) is 8.97. The van der Waals surface area contributed by atoms with Crippen molar-refractivity contribution in [2.75, 3.05) is 26.3 Å².